The molecular formula is C4H30N8. The van der Waals surface area contributed by atoms with Gasteiger partial charge in [0.2, 0.25) is 0 Å². The zero-order chi connectivity index (χ0) is 5.41. The monoisotopic (exact) mass is 190 g/mol. The molecule has 0 spiro atoms. The molecule has 8 nitrogen and oxygen atoms in total. The summed E-state index contributed by atoms with van der Waals surface area (Å²) in [6, 6.07) is 0. The van der Waals surface area contributed by atoms with Gasteiger partial charge in [0, 0.05) is 13.1 Å². The second-order valence-corrected chi connectivity index (χ2v) is 0.577. The van der Waals surface area contributed by atoms with Gasteiger partial charge in [-0.05, 0) is 0 Å². The largest absolute Gasteiger partial charge is 0.344 e. The number of rotatable bonds is 1. The third-order valence-electron chi connectivity index (χ3n) is 0.167. The summed E-state index contributed by atoms with van der Waals surface area (Å²) < 4.78 is 0. The van der Waals surface area contributed by atoms with Gasteiger partial charge >= 0.3 is 0 Å². The Morgan fingerprint density at radius 1 is 0.583 bits per heavy atom. The van der Waals surface area contributed by atoms with Crippen molar-refractivity contribution in [2.75, 3.05) is 13.1 Å². The summed E-state index contributed by atoms with van der Waals surface area (Å²) in [4.78, 5) is 0. The molecule has 8 heteroatoms. The van der Waals surface area contributed by atoms with Gasteiger partial charge in [-0.1, -0.05) is 0 Å². The molecule has 0 atom stereocenters. The zero-order valence-electron chi connectivity index (χ0n) is 8.23. The summed E-state index contributed by atoms with van der Waals surface area (Å²) >= 11 is 0. The van der Waals surface area contributed by atoms with Crippen LogP contribution in [0.3, 0.4) is 0 Å². The minimum absolute atomic E-state index is 0. The van der Waals surface area contributed by atoms with Crippen molar-refractivity contribution in [1.82, 2.24) is 36.9 Å². The van der Waals surface area contributed by atoms with Gasteiger partial charge in [-0.3, -0.25) is 0 Å². The maximum atomic E-state index is 4.90. The number of nitrogens with two attached hydrogens (primary N) is 2. The van der Waals surface area contributed by atoms with E-state index in [4.69, 9.17) is 11.5 Å². The van der Waals surface area contributed by atoms with Crippen LogP contribution in [0.5, 0.6) is 0 Å². The van der Waals surface area contributed by atoms with E-state index in [0.717, 1.165) is 0 Å². The average molecular weight is 190 g/mol. The van der Waals surface area contributed by atoms with E-state index in [0.29, 0.717) is 13.1 Å². The van der Waals surface area contributed by atoms with Crippen molar-refractivity contribution in [3.8, 4) is 0 Å². The normalized spacial score (nSPS) is 2.83. The third-order valence-corrected chi connectivity index (χ3v) is 0.167. The molecule has 0 saturated carbocycles. The maximum Gasteiger partial charge on any atom is 0.00461 e. The van der Waals surface area contributed by atoms with E-state index in [-0.39, 0.29) is 36.9 Å². The van der Waals surface area contributed by atoms with Gasteiger partial charge in [0.1, 0.15) is 0 Å². The Balaban J connectivity index is -0.00000000317. The van der Waals surface area contributed by atoms with Crippen LogP contribution in [-0.4, -0.2) is 13.1 Å². The van der Waals surface area contributed by atoms with E-state index in [9.17, 15) is 0 Å². The quantitative estimate of drug-likeness (QED) is 0.271. The summed E-state index contributed by atoms with van der Waals surface area (Å²) in [6.45, 7) is 7.19. The van der Waals surface area contributed by atoms with Crippen LogP contribution in [0.2, 0.25) is 0 Å². The standard InChI is InChI=1S/C2H8N2.C2H4.6H3N/c3-1-2-4;1-2;;;;;;/h1-4H2;1-2H2;6*1H3. The fourth-order valence-corrected chi connectivity index (χ4v) is 0. The molecule has 0 bridgehead atoms. The van der Waals surface area contributed by atoms with Gasteiger partial charge in [-0.2, -0.15) is 0 Å². The van der Waals surface area contributed by atoms with Crippen molar-refractivity contribution in [3.63, 3.8) is 0 Å². The first-order valence-electron chi connectivity index (χ1n) is 1.82. The van der Waals surface area contributed by atoms with E-state index in [1.165, 1.54) is 0 Å². The Labute approximate surface area is 75.6 Å². The maximum absolute atomic E-state index is 4.90. The first-order chi connectivity index (χ1) is 2.91. The molecule has 0 aromatic rings. The van der Waals surface area contributed by atoms with Crippen molar-refractivity contribution >= 4 is 0 Å². The molecule has 0 aliphatic heterocycles. The minimum atomic E-state index is 0. The highest BCUT2D eigenvalue weighted by Crippen LogP contribution is 1.24. The fourth-order valence-electron chi connectivity index (χ4n) is 0. The molecule has 86 valence electrons. The second kappa shape index (κ2) is 459. The summed E-state index contributed by atoms with van der Waals surface area (Å²) in [7, 11) is 0. The summed E-state index contributed by atoms with van der Waals surface area (Å²) in [5.74, 6) is 0. The Kier molecular flexibility index (Phi) is 4050. The Morgan fingerprint density at radius 3 is 0.667 bits per heavy atom. The first kappa shape index (κ1) is 106. The predicted octanol–water partition coefficient (Wildman–Crippen LogP) is 0.678. The SMILES string of the molecule is C=C.N.N.N.N.N.N.NCCN. The first-order valence-corrected chi connectivity index (χ1v) is 1.82. The van der Waals surface area contributed by atoms with Crippen LogP contribution in [0.25, 0.3) is 0 Å². The summed E-state index contributed by atoms with van der Waals surface area (Å²) in [5.41, 5.74) is 9.81. The van der Waals surface area contributed by atoms with Gasteiger partial charge in [0.05, 0.1) is 0 Å². The lowest BCUT2D eigenvalue weighted by atomic mass is 10.7. The minimum Gasteiger partial charge on any atom is -0.344 e. The molecular weight excluding hydrogens is 160 g/mol. The Hall–Kier alpha value is -0.580. The van der Waals surface area contributed by atoms with Gasteiger partial charge in [0.15, 0.2) is 0 Å². The highest BCUT2D eigenvalue weighted by Gasteiger charge is 1.54. The van der Waals surface area contributed by atoms with Crippen LogP contribution in [0.1, 0.15) is 0 Å². The lowest BCUT2D eigenvalue weighted by Gasteiger charge is -1.72. The zero-order valence-corrected chi connectivity index (χ0v) is 8.23. The topological polar surface area (TPSA) is 262 Å². The van der Waals surface area contributed by atoms with Gasteiger partial charge in [0.25, 0.3) is 0 Å². The highest BCUT2D eigenvalue weighted by molar-refractivity contribution is 4.26. The summed E-state index contributed by atoms with van der Waals surface area (Å²) in [6.07, 6.45) is 0. The molecule has 0 saturated heterocycles. The van der Waals surface area contributed by atoms with Crippen molar-refractivity contribution in [1.29, 1.82) is 0 Å². The molecule has 0 aliphatic carbocycles. The number of hydrogen-bond donors (Lipinski definition) is 8. The molecule has 22 N–H and O–H groups in total. The molecule has 12 heavy (non-hydrogen) atoms. The lowest BCUT2D eigenvalue weighted by Crippen LogP contribution is -2.11. The van der Waals surface area contributed by atoms with Crippen molar-refractivity contribution in [3.05, 3.63) is 13.2 Å². The van der Waals surface area contributed by atoms with Crippen LogP contribution in [0.15, 0.2) is 13.2 Å². The fraction of sp³-hybridized carbons (Fsp3) is 0.500. The average Bonchev–Trinajstić information content (AvgIpc) is 1.72. The predicted molar refractivity (Wildman–Crippen MR) is 59.5 cm³/mol. The lowest BCUT2D eigenvalue weighted by molar-refractivity contribution is 0.976. The van der Waals surface area contributed by atoms with Crippen LogP contribution >= 0.6 is 0 Å². The molecule has 0 rings (SSSR count). The van der Waals surface area contributed by atoms with E-state index >= 15 is 0 Å². The van der Waals surface area contributed by atoms with Crippen LogP contribution in [0.4, 0.5) is 0 Å². The molecule has 0 amide bonds. The van der Waals surface area contributed by atoms with Crippen LogP contribution in [0, 0.1) is 0 Å². The van der Waals surface area contributed by atoms with Crippen molar-refractivity contribution in [2.24, 2.45) is 11.5 Å². The van der Waals surface area contributed by atoms with Crippen molar-refractivity contribution < 1.29 is 0 Å². The van der Waals surface area contributed by atoms with E-state index in [2.05, 4.69) is 13.2 Å². The molecule has 0 radical (unpaired) electrons. The highest BCUT2D eigenvalue weighted by atomic mass is 14.6. The van der Waals surface area contributed by atoms with Crippen molar-refractivity contribution in [2.45, 2.75) is 0 Å². The van der Waals surface area contributed by atoms with Crippen LogP contribution < -0.4 is 48.4 Å². The van der Waals surface area contributed by atoms with Gasteiger partial charge in [-0.15, -0.1) is 13.2 Å². The molecule has 0 aromatic carbocycles. The molecule has 0 fully saturated rings. The molecule has 0 aromatic heterocycles. The smallest absolute Gasteiger partial charge is 0.00461 e. The van der Waals surface area contributed by atoms with Crippen LogP contribution in [-0.2, 0) is 0 Å². The Morgan fingerprint density at radius 2 is 0.667 bits per heavy atom. The van der Waals surface area contributed by atoms with E-state index < -0.39 is 0 Å². The number of hydrogen-bond acceptors (Lipinski definition) is 8. The second-order valence-electron chi connectivity index (χ2n) is 0.577. The third kappa shape index (κ3) is 3790. The van der Waals surface area contributed by atoms with Gasteiger partial charge in [-0.25, -0.2) is 0 Å². The van der Waals surface area contributed by atoms with Gasteiger partial charge < -0.3 is 48.4 Å². The van der Waals surface area contributed by atoms with E-state index in [1.807, 2.05) is 0 Å². The molecule has 0 aliphatic rings. The molecule has 0 heterocycles. The summed E-state index contributed by atoms with van der Waals surface area (Å²) in [5, 5.41) is 0. The Bertz CT molecular complexity index is 18.5. The molecule has 0 unspecified atom stereocenters. The van der Waals surface area contributed by atoms with E-state index in [1.54, 1.807) is 0 Å².